The van der Waals surface area contributed by atoms with Gasteiger partial charge in [0, 0.05) is 38.1 Å². The first kappa shape index (κ1) is 28.4. The van der Waals surface area contributed by atoms with E-state index in [9.17, 15) is 32.3 Å². The van der Waals surface area contributed by atoms with Gasteiger partial charge in [0.1, 0.15) is 5.57 Å². The number of carbonyl (C=O) groups is 4. The lowest BCUT2D eigenvalue weighted by Gasteiger charge is -2.27. The fourth-order valence-electron chi connectivity index (χ4n) is 4.19. The molecule has 11 heteroatoms. The molecule has 0 saturated heterocycles. The van der Waals surface area contributed by atoms with Crippen LogP contribution in [0.1, 0.15) is 35.6 Å². The SMILES string of the molecule is CCOC(=O)/C(=C/N(C)c1ccc2c(c1)CCC(=O)N2C)C(=O)N(C=O)Cc1cccc(C(F)(F)F)c1C. The van der Waals surface area contributed by atoms with Gasteiger partial charge in [0.2, 0.25) is 12.3 Å². The predicted molar refractivity (Wildman–Crippen MR) is 134 cm³/mol. The molecule has 0 unspecified atom stereocenters. The molecule has 0 atom stereocenters. The quantitative estimate of drug-likeness (QED) is 0.168. The third-order valence-electron chi connectivity index (χ3n) is 6.34. The maximum atomic E-state index is 13.3. The molecule has 1 heterocycles. The minimum atomic E-state index is -4.61. The molecule has 1 aliphatic heterocycles. The van der Waals surface area contributed by atoms with Crippen LogP contribution >= 0.6 is 0 Å². The van der Waals surface area contributed by atoms with Gasteiger partial charge in [-0.25, -0.2) is 4.79 Å². The number of aryl methyl sites for hydroxylation is 1. The number of nitrogens with zero attached hydrogens (tertiary/aromatic N) is 3. The highest BCUT2D eigenvalue weighted by molar-refractivity contribution is 6.18. The van der Waals surface area contributed by atoms with E-state index in [1.54, 1.807) is 38.1 Å². The highest BCUT2D eigenvalue weighted by Gasteiger charge is 2.33. The number of hydrogen-bond acceptors (Lipinski definition) is 6. The lowest BCUT2D eigenvalue weighted by Crippen LogP contribution is -2.35. The molecule has 0 aromatic heterocycles. The van der Waals surface area contributed by atoms with E-state index in [-0.39, 0.29) is 30.1 Å². The number of imide groups is 1. The van der Waals surface area contributed by atoms with E-state index in [0.29, 0.717) is 23.4 Å². The van der Waals surface area contributed by atoms with Gasteiger partial charge in [-0.1, -0.05) is 12.1 Å². The van der Waals surface area contributed by atoms with Crippen molar-refractivity contribution in [3.63, 3.8) is 0 Å². The molecule has 3 amide bonds. The second kappa shape index (κ2) is 11.5. The molecule has 3 rings (SSSR count). The van der Waals surface area contributed by atoms with Gasteiger partial charge in [0.15, 0.2) is 0 Å². The maximum absolute atomic E-state index is 13.3. The Bertz CT molecular complexity index is 1290. The number of amides is 3. The standard InChI is InChI=1S/C27H28F3N3O5/c1-5-38-26(37)21(15-31(3)20-10-11-23-18(13-20)9-12-24(35)32(23)4)25(36)33(16-34)14-19-7-6-8-22(17(19)2)27(28,29)30/h6-8,10-11,13,15-16H,5,9,12,14H2,1-4H3/b21-15+. The minimum absolute atomic E-state index is 0.00124. The molecule has 2 aromatic carbocycles. The molecule has 0 fully saturated rings. The van der Waals surface area contributed by atoms with E-state index in [0.717, 1.165) is 17.3 Å². The minimum Gasteiger partial charge on any atom is -0.462 e. The molecule has 0 aliphatic carbocycles. The normalized spacial score (nSPS) is 13.6. The second-order valence-corrected chi connectivity index (χ2v) is 8.77. The first-order chi connectivity index (χ1) is 17.9. The summed E-state index contributed by atoms with van der Waals surface area (Å²) in [6.07, 6.45) is -2.34. The van der Waals surface area contributed by atoms with Gasteiger partial charge in [0.25, 0.3) is 5.91 Å². The van der Waals surface area contributed by atoms with Gasteiger partial charge in [0.05, 0.1) is 18.7 Å². The van der Waals surface area contributed by atoms with Crippen LogP contribution < -0.4 is 9.80 Å². The van der Waals surface area contributed by atoms with Crippen LogP contribution in [-0.2, 0) is 43.1 Å². The number of esters is 1. The van der Waals surface area contributed by atoms with Crippen LogP contribution in [0.4, 0.5) is 24.5 Å². The van der Waals surface area contributed by atoms with E-state index in [2.05, 4.69) is 0 Å². The number of alkyl halides is 3. The van der Waals surface area contributed by atoms with E-state index in [1.807, 2.05) is 6.07 Å². The molecule has 202 valence electrons. The fourth-order valence-corrected chi connectivity index (χ4v) is 4.19. The van der Waals surface area contributed by atoms with Crippen LogP contribution in [-0.4, -0.2) is 49.8 Å². The number of anilines is 2. The molecule has 2 aromatic rings. The van der Waals surface area contributed by atoms with Crippen molar-refractivity contribution in [3.8, 4) is 0 Å². The molecule has 38 heavy (non-hydrogen) atoms. The average Bonchev–Trinajstić information content (AvgIpc) is 2.87. The smallest absolute Gasteiger partial charge is 0.416 e. The van der Waals surface area contributed by atoms with E-state index in [1.165, 1.54) is 30.2 Å². The van der Waals surface area contributed by atoms with Crippen LogP contribution in [0.5, 0.6) is 0 Å². The number of benzene rings is 2. The number of rotatable bonds is 8. The summed E-state index contributed by atoms with van der Waals surface area (Å²) in [6.45, 7) is 2.29. The van der Waals surface area contributed by atoms with Crippen molar-refractivity contribution in [1.29, 1.82) is 0 Å². The van der Waals surface area contributed by atoms with Crippen molar-refractivity contribution in [3.05, 3.63) is 70.4 Å². The molecule has 8 nitrogen and oxygen atoms in total. The lowest BCUT2D eigenvalue weighted by atomic mass is 10.0. The van der Waals surface area contributed by atoms with Gasteiger partial charge in [-0.05, 0) is 61.2 Å². The highest BCUT2D eigenvalue weighted by Crippen LogP contribution is 2.33. The van der Waals surface area contributed by atoms with Crippen molar-refractivity contribution in [2.24, 2.45) is 0 Å². The summed E-state index contributed by atoms with van der Waals surface area (Å²) in [5.41, 5.74) is 0.884. The summed E-state index contributed by atoms with van der Waals surface area (Å²) in [5.74, 6) is -2.01. The van der Waals surface area contributed by atoms with Gasteiger partial charge in [-0.2, -0.15) is 13.2 Å². The van der Waals surface area contributed by atoms with Crippen LogP contribution in [0.2, 0.25) is 0 Å². The third-order valence-corrected chi connectivity index (χ3v) is 6.34. The highest BCUT2D eigenvalue weighted by atomic mass is 19.4. The van der Waals surface area contributed by atoms with Crippen molar-refractivity contribution in [2.75, 3.05) is 30.5 Å². The second-order valence-electron chi connectivity index (χ2n) is 8.77. The first-order valence-corrected chi connectivity index (χ1v) is 11.8. The molecule has 1 aliphatic rings. The zero-order valence-electron chi connectivity index (χ0n) is 21.5. The number of carbonyl (C=O) groups excluding carboxylic acids is 4. The van der Waals surface area contributed by atoms with Gasteiger partial charge in [-0.15, -0.1) is 0 Å². The Labute approximate surface area is 218 Å². The lowest BCUT2D eigenvalue weighted by molar-refractivity contribution is -0.143. The first-order valence-electron chi connectivity index (χ1n) is 11.8. The molecule has 0 radical (unpaired) electrons. The molecule has 0 bridgehead atoms. The van der Waals surface area contributed by atoms with Gasteiger partial charge < -0.3 is 14.5 Å². The topological polar surface area (TPSA) is 87.2 Å². The largest absolute Gasteiger partial charge is 0.462 e. The molecule has 0 spiro atoms. The summed E-state index contributed by atoms with van der Waals surface area (Å²) >= 11 is 0. The van der Waals surface area contributed by atoms with Crippen LogP contribution in [0.25, 0.3) is 0 Å². The molecular formula is C27H28F3N3O5. The zero-order chi connectivity index (χ0) is 28.2. The Hall–Kier alpha value is -4.15. The predicted octanol–water partition coefficient (Wildman–Crippen LogP) is 3.99. The summed E-state index contributed by atoms with van der Waals surface area (Å²) in [5, 5.41) is 0. The van der Waals surface area contributed by atoms with Crippen LogP contribution in [0, 0.1) is 6.92 Å². The Morgan fingerprint density at radius 2 is 1.87 bits per heavy atom. The molecule has 0 saturated carbocycles. The van der Waals surface area contributed by atoms with Gasteiger partial charge >= 0.3 is 12.1 Å². The summed E-state index contributed by atoms with van der Waals surface area (Å²) < 4.78 is 45.0. The van der Waals surface area contributed by atoms with Crippen molar-refractivity contribution in [1.82, 2.24) is 4.90 Å². The summed E-state index contributed by atoms with van der Waals surface area (Å²) in [4.78, 5) is 53.5. The Morgan fingerprint density at radius 1 is 1.16 bits per heavy atom. The number of ether oxygens (including phenoxy) is 1. The van der Waals surface area contributed by atoms with Crippen LogP contribution in [0.3, 0.4) is 0 Å². The Kier molecular flexibility index (Phi) is 8.60. The average molecular weight is 532 g/mol. The number of hydrogen-bond donors (Lipinski definition) is 0. The Morgan fingerprint density at radius 3 is 2.50 bits per heavy atom. The van der Waals surface area contributed by atoms with E-state index < -0.39 is 35.7 Å². The van der Waals surface area contributed by atoms with Gasteiger partial charge in [-0.3, -0.25) is 19.3 Å². The molecule has 0 N–H and O–H groups in total. The monoisotopic (exact) mass is 531 g/mol. The van der Waals surface area contributed by atoms with E-state index in [4.69, 9.17) is 4.74 Å². The summed E-state index contributed by atoms with van der Waals surface area (Å²) in [6, 6.07) is 8.77. The molecular weight excluding hydrogens is 503 g/mol. The number of halogens is 3. The van der Waals surface area contributed by atoms with Crippen molar-refractivity contribution in [2.45, 2.75) is 39.4 Å². The Balaban J connectivity index is 1.94. The number of fused-ring (bicyclic) bond motifs is 1. The zero-order valence-corrected chi connectivity index (χ0v) is 21.5. The van der Waals surface area contributed by atoms with Crippen LogP contribution in [0.15, 0.2) is 48.2 Å². The maximum Gasteiger partial charge on any atom is 0.416 e. The van der Waals surface area contributed by atoms with E-state index >= 15 is 0 Å². The van der Waals surface area contributed by atoms with Crippen molar-refractivity contribution >= 4 is 35.6 Å². The fraction of sp³-hybridized carbons (Fsp3) is 0.333. The van der Waals surface area contributed by atoms with Crippen molar-refractivity contribution < 1.29 is 37.1 Å². The summed E-state index contributed by atoms with van der Waals surface area (Å²) in [7, 11) is 3.27. The third kappa shape index (κ3) is 6.04.